The Bertz CT molecular complexity index is 641. The minimum atomic E-state index is -0.489. The first-order chi connectivity index (χ1) is 8.97. The zero-order valence-corrected chi connectivity index (χ0v) is 12.0. The lowest BCUT2D eigenvalue weighted by Gasteiger charge is -2.13. The van der Waals surface area contributed by atoms with Crippen molar-refractivity contribution in [2.45, 2.75) is 6.92 Å². The van der Waals surface area contributed by atoms with Crippen molar-refractivity contribution in [2.24, 2.45) is 5.73 Å². The molecular weight excluding hydrogens is 306 g/mol. The zero-order chi connectivity index (χ0) is 14.0. The van der Waals surface area contributed by atoms with Gasteiger partial charge in [0.1, 0.15) is 0 Å². The first-order valence-electron chi connectivity index (χ1n) is 5.70. The second-order valence-electron chi connectivity index (χ2n) is 4.25. The van der Waals surface area contributed by atoms with Crippen molar-refractivity contribution < 1.29 is 4.79 Å². The summed E-state index contributed by atoms with van der Waals surface area (Å²) in [4.78, 5) is 11.4. The number of aryl methyl sites for hydroxylation is 1. The van der Waals surface area contributed by atoms with Gasteiger partial charge in [0.25, 0.3) is 5.91 Å². The highest BCUT2D eigenvalue weighted by atomic mass is 79.9. The average molecular weight is 320 g/mol. The van der Waals surface area contributed by atoms with E-state index in [1.807, 2.05) is 25.1 Å². The van der Waals surface area contributed by atoms with Gasteiger partial charge in [0.15, 0.2) is 0 Å². The Labute approximate surface area is 119 Å². The van der Waals surface area contributed by atoms with Crippen LogP contribution in [0.3, 0.4) is 0 Å². The number of carbonyl (C=O) groups is 1. The molecule has 1 amide bonds. The van der Waals surface area contributed by atoms with Crippen molar-refractivity contribution in [1.82, 2.24) is 0 Å². The molecule has 19 heavy (non-hydrogen) atoms. The number of rotatable bonds is 3. The van der Waals surface area contributed by atoms with Crippen LogP contribution < -0.4 is 16.8 Å². The first kappa shape index (κ1) is 13.4. The third kappa shape index (κ3) is 3.06. The number of anilines is 3. The summed E-state index contributed by atoms with van der Waals surface area (Å²) in [6.07, 6.45) is 0. The summed E-state index contributed by atoms with van der Waals surface area (Å²) in [5, 5.41) is 3.19. The molecule has 2 aromatic rings. The Morgan fingerprint density at radius 2 is 1.89 bits per heavy atom. The van der Waals surface area contributed by atoms with E-state index in [9.17, 15) is 4.79 Å². The molecule has 2 rings (SSSR count). The van der Waals surface area contributed by atoms with Crippen LogP contribution in [0, 0.1) is 6.92 Å². The van der Waals surface area contributed by atoms with Gasteiger partial charge in [-0.15, -0.1) is 0 Å². The number of benzene rings is 2. The monoisotopic (exact) mass is 319 g/mol. The SMILES string of the molecule is Cc1cc(Br)ccc1Nc1cc(N)ccc1C(N)=O. The van der Waals surface area contributed by atoms with Gasteiger partial charge in [-0.05, 0) is 48.9 Å². The van der Waals surface area contributed by atoms with E-state index in [4.69, 9.17) is 11.5 Å². The molecule has 0 aliphatic carbocycles. The van der Waals surface area contributed by atoms with E-state index in [2.05, 4.69) is 21.2 Å². The molecule has 0 heterocycles. The molecule has 0 unspecified atom stereocenters. The Morgan fingerprint density at radius 1 is 1.16 bits per heavy atom. The summed E-state index contributed by atoms with van der Waals surface area (Å²) < 4.78 is 0.998. The number of amides is 1. The molecule has 0 aromatic heterocycles. The maximum absolute atomic E-state index is 11.4. The number of nitrogen functional groups attached to an aromatic ring is 1. The molecule has 5 N–H and O–H groups in total. The molecule has 0 saturated carbocycles. The van der Waals surface area contributed by atoms with E-state index in [0.29, 0.717) is 16.9 Å². The molecule has 4 nitrogen and oxygen atoms in total. The number of carbonyl (C=O) groups excluding carboxylic acids is 1. The topological polar surface area (TPSA) is 81.1 Å². The summed E-state index contributed by atoms with van der Waals surface area (Å²) in [5.41, 5.74) is 14.6. The van der Waals surface area contributed by atoms with Gasteiger partial charge in [-0.2, -0.15) is 0 Å². The van der Waals surface area contributed by atoms with Crippen LogP contribution in [-0.4, -0.2) is 5.91 Å². The van der Waals surface area contributed by atoms with Crippen molar-refractivity contribution in [1.29, 1.82) is 0 Å². The maximum atomic E-state index is 11.4. The van der Waals surface area contributed by atoms with Gasteiger partial charge in [0, 0.05) is 15.8 Å². The van der Waals surface area contributed by atoms with Gasteiger partial charge in [-0.3, -0.25) is 4.79 Å². The van der Waals surface area contributed by atoms with Crippen molar-refractivity contribution in [3.05, 3.63) is 52.0 Å². The van der Waals surface area contributed by atoms with Crippen LogP contribution in [0.4, 0.5) is 17.1 Å². The lowest BCUT2D eigenvalue weighted by atomic mass is 10.1. The summed E-state index contributed by atoms with van der Waals surface area (Å²) >= 11 is 3.41. The van der Waals surface area contributed by atoms with Crippen LogP contribution in [0.5, 0.6) is 0 Å². The van der Waals surface area contributed by atoms with Gasteiger partial charge < -0.3 is 16.8 Å². The highest BCUT2D eigenvalue weighted by Gasteiger charge is 2.09. The molecule has 98 valence electrons. The molecule has 0 spiro atoms. The number of halogens is 1. The molecule has 0 bridgehead atoms. The Balaban J connectivity index is 2.42. The highest BCUT2D eigenvalue weighted by molar-refractivity contribution is 9.10. The first-order valence-corrected chi connectivity index (χ1v) is 6.49. The molecular formula is C14H14BrN3O. The highest BCUT2D eigenvalue weighted by Crippen LogP contribution is 2.27. The lowest BCUT2D eigenvalue weighted by Crippen LogP contribution is -2.13. The van der Waals surface area contributed by atoms with Gasteiger partial charge in [-0.25, -0.2) is 0 Å². The van der Waals surface area contributed by atoms with E-state index >= 15 is 0 Å². The minimum Gasteiger partial charge on any atom is -0.399 e. The fraction of sp³-hybridized carbons (Fsp3) is 0.0714. The van der Waals surface area contributed by atoms with Gasteiger partial charge in [-0.1, -0.05) is 15.9 Å². The van der Waals surface area contributed by atoms with Gasteiger partial charge >= 0.3 is 0 Å². The predicted octanol–water partition coefficient (Wildman–Crippen LogP) is 3.18. The Kier molecular flexibility index (Phi) is 3.76. The number of nitrogens with two attached hydrogens (primary N) is 2. The number of primary amides is 1. The molecule has 0 saturated heterocycles. The normalized spacial score (nSPS) is 10.2. The van der Waals surface area contributed by atoms with Crippen LogP contribution in [-0.2, 0) is 0 Å². The zero-order valence-electron chi connectivity index (χ0n) is 10.4. The summed E-state index contributed by atoms with van der Waals surface area (Å²) in [7, 11) is 0. The number of hydrogen-bond donors (Lipinski definition) is 3. The predicted molar refractivity (Wildman–Crippen MR) is 81.5 cm³/mol. The molecule has 0 radical (unpaired) electrons. The standard InChI is InChI=1S/C14H14BrN3O/c1-8-6-9(15)2-5-12(8)18-13-7-10(16)3-4-11(13)14(17)19/h2-7,18H,16H2,1H3,(H2,17,19). The smallest absolute Gasteiger partial charge is 0.250 e. The van der Waals surface area contributed by atoms with Crippen molar-refractivity contribution in [3.8, 4) is 0 Å². The average Bonchev–Trinajstić information content (AvgIpc) is 2.32. The largest absolute Gasteiger partial charge is 0.399 e. The van der Waals surface area contributed by atoms with Crippen molar-refractivity contribution in [3.63, 3.8) is 0 Å². The molecule has 0 aliphatic heterocycles. The van der Waals surface area contributed by atoms with Crippen LogP contribution >= 0.6 is 15.9 Å². The Morgan fingerprint density at radius 3 is 2.53 bits per heavy atom. The van der Waals surface area contributed by atoms with E-state index in [0.717, 1.165) is 15.7 Å². The molecule has 5 heteroatoms. The molecule has 2 aromatic carbocycles. The molecule has 0 fully saturated rings. The van der Waals surface area contributed by atoms with E-state index in [1.165, 1.54) is 0 Å². The second kappa shape index (κ2) is 5.32. The third-order valence-electron chi connectivity index (χ3n) is 2.77. The van der Waals surface area contributed by atoms with Crippen LogP contribution in [0.15, 0.2) is 40.9 Å². The van der Waals surface area contributed by atoms with E-state index in [-0.39, 0.29) is 0 Å². The second-order valence-corrected chi connectivity index (χ2v) is 5.17. The maximum Gasteiger partial charge on any atom is 0.250 e. The van der Waals surface area contributed by atoms with Crippen LogP contribution in [0.2, 0.25) is 0 Å². The fourth-order valence-corrected chi connectivity index (χ4v) is 2.27. The molecule has 0 aliphatic rings. The van der Waals surface area contributed by atoms with Gasteiger partial charge in [0.2, 0.25) is 0 Å². The summed E-state index contributed by atoms with van der Waals surface area (Å²) in [6.45, 7) is 1.98. The van der Waals surface area contributed by atoms with Crippen LogP contribution in [0.25, 0.3) is 0 Å². The van der Waals surface area contributed by atoms with Crippen molar-refractivity contribution >= 4 is 38.9 Å². The molecule has 0 atom stereocenters. The Hall–Kier alpha value is -2.01. The van der Waals surface area contributed by atoms with Crippen molar-refractivity contribution in [2.75, 3.05) is 11.1 Å². The number of nitrogens with one attached hydrogen (secondary N) is 1. The van der Waals surface area contributed by atoms with Crippen LogP contribution in [0.1, 0.15) is 15.9 Å². The van der Waals surface area contributed by atoms with E-state index in [1.54, 1.807) is 18.2 Å². The number of hydrogen-bond acceptors (Lipinski definition) is 3. The summed E-state index contributed by atoms with van der Waals surface area (Å²) in [5.74, 6) is -0.489. The lowest BCUT2D eigenvalue weighted by molar-refractivity contribution is 0.100. The fourth-order valence-electron chi connectivity index (χ4n) is 1.79. The minimum absolute atomic E-state index is 0.413. The van der Waals surface area contributed by atoms with E-state index < -0.39 is 5.91 Å². The van der Waals surface area contributed by atoms with Gasteiger partial charge in [0.05, 0.1) is 11.3 Å². The third-order valence-corrected chi connectivity index (χ3v) is 3.26. The quantitative estimate of drug-likeness (QED) is 0.760. The summed E-state index contributed by atoms with van der Waals surface area (Å²) in [6, 6.07) is 10.8.